The van der Waals surface area contributed by atoms with E-state index in [1.165, 1.54) is 12.1 Å². The largest absolute Gasteiger partial charge is 0.481 e. The smallest absolute Gasteiger partial charge is 0.260 e. The minimum Gasteiger partial charge on any atom is -0.481 e. The summed E-state index contributed by atoms with van der Waals surface area (Å²) in [7, 11) is 0. The third-order valence-electron chi connectivity index (χ3n) is 3.14. The number of halogens is 1. The first-order valence-electron chi connectivity index (χ1n) is 6.89. The number of amides is 1. The molecule has 2 rings (SSSR count). The molecule has 0 N–H and O–H groups in total. The Bertz CT molecular complexity index is 586. The van der Waals surface area contributed by atoms with Crippen molar-refractivity contribution in [3.8, 4) is 5.75 Å². The third-order valence-corrected chi connectivity index (χ3v) is 3.14. The Morgan fingerprint density at radius 1 is 1.10 bits per heavy atom. The van der Waals surface area contributed by atoms with Crippen LogP contribution in [0.2, 0.25) is 0 Å². The highest BCUT2D eigenvalue weighted by Gasteiger charge is 2.13. The van der Waals surface area contributed by atoms with Crippen molar-refractivity contribution in [2.45, 2.75) is 13.5 Å². The monoisotopic (exact) mass is 287 g/mol. The lowest BCUT2D eigenvalue weighted by molar-refractivity contribution is -0.133. The minimum absolute atomic E-state index is 0.0987. The number of para-hydroxylation sites is 1. The van der Waals surface area contributed by atoms with Gasteiger partial charge in [-0.05, 0) is 24.6 Å². The molecule has 0 radical (unpaired) electrons. The van der Waals surface area contributed by atoms with Crippen LogP contribution < -0.4 is 4.74 Å². The Labute approximate surface area is 124 Å². The van der Waals surface area contributed by atoms with E-state index in [0.717, 1.165) is 5.56 Å². The van der Waals surface area contributed by atoms with Gasteiger partial charge >= 0.3 is 0 Å². The lowest BCUT2D eigenvalue weighted by Crippen LogP contribution is -2.34. The number of carbonyl (C=O) groups is 1. The normalized spacial score (nSPS) is 10.2. The number of nitrogens with zero attached hydrogens (tertiary/aromatic N) is 1. The average molecular weight is 287 g/mol. The number of benzene rings is 2. The maximum atomic E-state index is 13.4. The van der Waals surface area contributed by atoms with E-state index < -0.39 is 5.82 Å². The van der Waals surface area contributed by atoms with Gasteiger partial charge in [-0.25, -0.2) is 4.39 Å². The van der Waals surface area contributed by atoms with Gasteiger partial charge in [-0.1, -0.05) is 42.5 Å². The highest BCUT2D eigenvalue weighted by Crippen LogP contribution is 2.15. The molecule has 0 aliphatic carbocycles. The van der Waals surface area contributed by atoms with Gasteiger partial charge < -0.3 is 9.64 Å². The van der Waals surface area contributed by atoms with Crippen molar-refractivity contribution in [3.05, 3.63) is 66.0 Å². The van der Waals surface area contributed by atoms with Gasteiger partial charge in [-0.2, -0.15) is 0 Å². The third kappa shape index (κ3) is 4.31. The summed E-state index contributed by atoms with van der Waals surface area (Å²) in [4.78, 5) is 13.8. The Morgan fingerprint density at radius 2 is 1.76 bits per heavy atom. The first-order chi connectivity index (χ1) is 10.2. The summed E-state index contributed by atoms with van der Waals surface area (Å²) in [5, 5.41) is 0. The second-order valence-corrected chi connectivity index (χ2v) is 4.61. The molecule has 0 spiro atoms. The van der Waals surface area contributed by atoms with Gasteiger partial charge in [0.05, 0.1) is 0 Å². The molecule has 0 bridgehead atoms. The van der Waals surface area contributed by atoms with Gasteiger partial charge in [0, 0.05) is 13.1 Å². The van der Waals surface area contributed by atoms with Gasteiger partial charge in [0.25, 0.3) is 5.91 Å². The lowest BCUT2D eigenvalue weighted by Gasteiger charge is -2.21. The Hall–Kier alpha value is -2.36. The molecule has 0 unspecified atom stereocenters. The van der Waals surface area contributed by atoms with Gasteiger partial charge in [0.2, 0.25) is 0 Å². The summed E-state index contributed by atoms with van der Waals surface area (Å²) in [6.07, 6.45) is 0. The molecule has 1 amide bonds. The lowest BCUT2D eigenvalue weighted by atomic mass is 10.2. The zero-order valence-corrected chi connectivity index (χ0v) is 12.0. The summed E-state index contributed by atoms with van der Waals surface area (Å²) < 4.78 is 18.7. The minimum atomic E-state index is -0.462. The summed E-state index contributed by atoms with van der Waals surface area (Å²) >= 11 is 0. The zero-order chi connectivity index (χ0) is 15.1. The van der Waals surface area contributed by atoms with Crippen LogP contribution in [0.15, 0.2) is 54.6 Å². The highest BCUT2D eigenvalue weighted by atomic mass is 19.1. The van der Waals surface area contributed by atoms with Crippen LogP contribution in [0, 0.1) is 5.82 Å². The molecule has 21 heavy (non-hydrogen) atoms. The molecule has 0 aromatic heterocycles. The Kier molecular flexibility index (Phi) is 5.32. The average Bonchev–Trinajstić information content (AvgIpc) is 2.52. The number of hydrogen-bond acceptors (Lipinski definition) is 2. The fourth-order valence-electron chi connectivity index (χ4n) is 1.97. The Morgan fingerprint density at radius 3 is 2.43 bits per heavy atom. The Balaban J connectivity index is 1.93. The van der Waals surface area contributed by atoms with Crippen LogP contribution in [0.25, 0.3) is 0 Å². The maximum absolute atomic E-state index is 13.4. The van der Waals surface area contributed by atoms with Crippen molar-refractivity contribution < 1.29 is 13.9 Å². The van der Waals surface area contributed by atoms with Crippen molar-refractivity contribution in [1.82, 2.24) is 4.90 Å². The van der Waals surface area contributed by atoms with Gasteiger partial charge in [-0.3, -0.25) is 4.79 Å². The van der Waals surface area contributed by atoms with E-state index in [2.05, 4.69) is 0 Å². The predicted octanol–water partition coefficient (Wildman–Crippen LogP) is 3.25. The van der Waals surface area contributed by atoms with E-state index in [0.29, 0.717) is 13.1 Å². The van der Waals surface area contributed by atoms with E-state index >= 15 is 0 Å². The van der Waals surface area contributed by atoms with Crippen LogP contribution in [0.5, 0.6) is 5.75 Å². The molecule has 2 aromatic rings. The van der Waals surface area contributed by atoms with Crippen molar-refractivity contribution in [2.75, 3.05) is 13.2 Å². The van der Waals surface area contributed by atoms with E-state index in [1.54, 1.807) is 17.0 Å². The van der Waals surface area contributed by atoms with Gasteiger partial charge in [-0.15, -0.1) is 0 Å². The molecule has 2 aromatic carbocycles. The van der Waals surface area contributed by atoms with Crippen LogP contribution in [0.3, 0.4) is 0 Å². The second kappa shape index (κ2) is 7.43. The number of rotatable bonds is 6. The SMILES string of the molecule is CCN(Cc1ccccc1)C(=O)COc1ccccc1F. The fourth-order valence-corrected chi connectivity index (χ4v) is 1.97. The topological polar surface area (TPSA) is 29.5 Å². The predicted molar refractivity (Wildman–Crippen MR) is 79.4 cm³/mol. The molecule has 0 aliphatic rings. The summed E-state index contributed by atoms with van der Waals surface area (Å²) in [5.41, 5.74) is 1.05. The molecule has 0 aliphatic heterocycles. The van der Waals surface area contributed by atoms with E-state index in [-0.39, 0.29) is 18.3 Å². The highest BCUT2D eigenvalue weighted by molar-refractivity contribution is 5.77. The summed E-state index contributed by atoms with van der Waals surface area (Å²) in [5.74, 6) is -0.525. The van der Waals surface area contributed by atoms with E-state index in [9.17, 15) is 9.18 Å². The zero-order valence-electron chi connectivity index (χ0n) is 12.0. The molecular weight excluding hydrogens is 269 g/mol. The molecule has 0 atom stereocenters. The van der Waals surface area contributed by atoms with Crippen LogP contribution in [0.1, 0.15) is 12.5 Å². The van der Waals surface area contributed by atoms with Crippen LogP contribution in [-0.2, 0) is 11.3 Å². The molecule has 0 saturated heterocycles. The van der Waals surface area contributed by atoms with Crippen molar-refractivity contribution in [3.63, 3.8) is 0 Å². The first kappa shape index (κ1) is 15.0. The number of ether oxygens (including phenoxy) is 1. The van der Waals surface area contributed by atoms with Crippen LogP contribution in [-0.4, -0.2) is 24.0 Å². The quantitative estimate of drug-likeness (QED) is 0.816. The fraction of sp³-hybridized carbons (Fsp3) is 0.235. The summed E-state index contributed by atoms with van der Waals surface area (Å²) in [6, 6.07) is 15.8. The molecule has 110 valence electrons. The standard InChI is InChI=1S/C17H18FNO2/c1-2-19(12-14-8-4-3-5-9-14)17(20)13-21-16-11-7-6-10-15(16)18/h3-11H,2,12-13H2,1H3. The maximum Gasteiger partial charge on any atom is 0.260 e. The molecular formula is C17H18FNO2. The molecule has 0 saturated carbocycles. The molecule has 0 heterocycles. The van der Waals surface area contributed by atoms with Crippen molar-refractivity contribution in [1.29, 1.82) is 0 Å². The van der Waals surface area contributed by atoms with E-state index in [4.69, 9.17) is 4.74 Å². The summed E-state index contributed by atoms with van der Waals surface area (Å²) in [6.45, 7) is 2.84. The molecule has 4 heteroatoms. The van der Waals surface area contributed by atoms with Crippen molar-refractivity contribution in [2.24, 2.45) is 0 Å². The van der Waals surface area contributed by atoms with Crippen molar-refractivity contribution >= 4 is 5.91 Å². The number of likely N-dealkylation sites (N-methyl/N-ethyl adjacent to an activating group) is 1. The molecule has 3 nitrogen and oxygen atoms in total. The van der Waals surface area contributed by atoms with Crippen LogP contribution >= 0.6 is 0 Å². The van der Waals surface area contributed by atoms with Gasteiger partial charge in [0.15, 0.2) is 18.2 Å². The number of carbonyl (C=O) groups excluding carboxylic acids is 1. The van der Waals surface area contributed by atoms with Gasteiger partial charge in [0.1, 0.15) is 0 Å². The first-order valence-corrected chi connectivity index (χ1v) is 6.89. The second-order valence-electron chi connectivity index (χ2n) is 4.61. The number of hydrogen-bond donors (Lipinski definition) is 0. The molecule has 0 fully saturated rings. The van der Waals surface area contributed by atoms with Crippen LogP contribution in [0.4, 0.5) is 4.39 Å². The van der Waals surface area contributed by atoms with E-state index in [1.807, 2.05) is 37.3 Å².